The Morgan fingerprint density at radius 3 is 2.74 bits per heavy atom. The highest BCUT2D eigenvalue weighted by Crippen LogP contribution is 2.08. The third kappa shape index (κ3) is 2.70. The Hall–Kier alpha value is -2.44. The molecular weight excluding hydrogens is 244 g/mol. The first kappa shape index (κ1) is 13.0. The molecule has 0 bridgehead atoms. The number of carbonyl (C=O) groups excluding carboxylic acids is 1. The summed E-state index contributed by atoms with van der Waals surface area (Å²) in [6.07, 6.45) is 1.59. The maximum Gasteiger partial charge on any atom is 0.291 e. The number of nitrogens with zero attached hydrogens (tertiary/aromatic N) is 4. The zero-order chi connectivity index (χ0) is 14.0. The van der Waals surface area contributed by atoms with Crippen molar-refractivity contribution in [1.82, 2.24) is 25.4 Å². The number of H-pyrrole nitrogens is 1. The topological polar surface area (TPSA) is 88.0 Å². The van der Waals surface area contributed by atoms with E-state index in [-0.39, 0.29) is 5.91 Å². The first-order chi connectivity index (χ1) is 8.99. The van der Waals surface area contributed by atoms with Crippen LogP contribution in [-0.2, 0) is 7.05 Å². The molecule has 0 aliphatic rings. The van der Waals surface area contributed by atoms with Crippen molar-refractivity contribution in [3.8, 4) is 0 Å². The van der Waals surface area contributed by atoms with Crippen LogP contribution in [0.5, 0.6) is 0 Å². The first-order valence-corrected chi connectivity index (χ1v) is 5.84. The molecule has 0 aromatic carbocycles. The van der Waals surface area contributed by atoms with Gasteiger partial charge in [0.05, 0.1) is 11.9 Å². The minimum absolute atomic E-state index is 0.314. The van der Waals surface area contributed by atoms with Gasteiger partial charge >= 0.3 is 0 Å². The van der Waals surface area contributed by atoms with Gasteiger partial charge in [-0.15, -0.1) is 0 Å². The summed E-state index contributed by atoms with van der Waals surface area (Å²) in [4.78, 5) is 11.7. The predicted octanol–water partition coefficient (Wildman–Crippen LogP) is 0.832. The van der Waals surface area contributed by atoms with Crippen molar-refractivity contribution < 1.29 is 4.79 Å². The van der Waals surface area contributed by atoms with E-state index in [9.17, 15) is 4.79 Å². The van der Waals surface area contributed by atoms with Crippen molar-refractivity contribution in [3.63, 3.8) is 0 Å². The summed E-state index contributed by atoms with van der Waals surface area (Å²) in [6, 6.07) is 1.66. The van der Waals surface area contributed by atoms with Crippen LogP contribution in [0.2, 0.25) is 0 Å². The molecule has 0 atom stereocenters. The van der Waals surface area contributed by atoms with Crippen LogP contribution in [0.3, 0.4) is 0 Å². The first-order valence-electron chi connectivity index (χ1n) is 5.84. The molecule has 2 aromatic heterocycles. The van der Waals surface area contributed by atoms with Crippen LogP contribution in [0.15, 0.2) is 11.2 Å². The number of nitrogens with one attached hydrogen (secondary N) is 2. The second-order valence-corrected chi connectivity index (χ2v) is 4.34. The second-order valence-electron chi connectivity index (χ2n) is 4.34. The van der Waals surface area contributed by atoms with Gasteiger partial charge in [0, 0.05) is 24.0 Å². The summed E-state index contributed by atoms with van der Waals surface area (Å²) in [5.74, 6) is -0.347. The van der Waals surface area contributed by atoms with Crippen LogP contribution in [0.4, 0.5) is 0 Å². The Kier molecular flexibility index (Phi) is 3.46. The monoisotopic (exact) mass is 260 g/mol. The molecule has 0 saturated heterocycles. The molecule has 1 amide bonds. The quantitative estimate of drug-likeness (QED) is 0.633. The number of amides is 1. The molecule has 19 heavy (non-hydrogen) atoms. The lowest BCUT2D eigenvalue weighted by Crippen LogP contribution is -2.18. The molecule has 2 aromatic rings. The van der Waals surface area contributed by atoms with Gasteiger partial charge in [-0.25, -0.2) is 5.43 Å². The molecule has 7 heteroatoms. The molecule has 0 aliphatic heterocycles. The van der Waals surface area contributed by atoms with E-state index in [4.69, 9.17) is 0 Å². The fourth-order valence-electron chi connectivity index (χ4n) is 1.72. The van der Waals surface area contributed by atoms with Crippen molar-refractivity contribution in [2.75, 3.05) is 0 Å². The number of rotatable bonds is 3. The number of hydrogen-bond acceptors (Lipinski definition) is 4. The van der Waals surface area contributed by atoms with E-state index in [0.29, 0.717) is 5.69 Å². The van der Waals surface area contributed by atoms with Crippen LogP contribution < -0.4 is 5.43 Å². The fraction of sp³-hybridized carbons (Fsp3) is 0.333. The number of aromatic amines is 1. The van der Waals surface area contributed by atoms with Crippen LogP contribution in [0.25, 0.3) is 0 Å². The van der Waals surface area contributed by atoms with Crippen LogP contribution in [0.1, 0.15) is 33.1 Å². The Labute approximate surface area is 110 Å². The van der Waals surface area contributed by atoms with E-state index < -0.39 is 0 Å². The van der Waals surface area contributed by atoms with Crippen molar-refractivity contribution in [3.05, 3.63) is 34.4 Å². The molecule has 0 spiro atoms. The average Bonchev–Trinajstić information content (AvgIpc) is 2.88. The third-order valence-electron chi connectivity index (χ3n) is 2.86. The largest absolute Gasteiger partial charge is 0.291 e. The standard InChI is InChI=1S/C12H16N6O/c1-7-5-11(15-14-7)12(19)16-13-6-10-8(2)17-18(4)9(10)3/h5-6H,1-4H3,(H,14,15)(H,16,19). The molecule has 7 nitrogen and oxygen atoms in total. The zero-order valence-corrected chi connectivity index (χ0v) is 11.4. The van der Waals surface area contributed by atoms with E-state index in [1.165, 1.54) is 0 Å². The second kappa shape index (κ2) is 5.05. The van der Waals surface area contributed by atoms with Gasteiger partial charge in [0.25, 0.3) is 5.91 Å². The van der Waals surface area contributed by atoms with E-state index in [0.717, 1.165) is 22.6 Å². The van der Waals surface area contributed by atoms with Gasteiger partial charge in [0.1, 0.15) is 0 Å². The van der Waals surface area contributed by atoms with E-state index >= 15 is 0 Å². The SMILES string of the molecule is Cc1cc(C(=O)NN=Cc2c(C)nn(C)c2C)n[nH]1. The molecule has 0 radical (unpaired) electrons. The summed E-state index contributed by atoms with van der Waals surface area (Å²) >= 11 is 0. The molecule has 100 valence electrons. The van der Waals surface area contributed by atoms with Gasteiger partial charge in [-0.1, -0.05) is 0 Å². The van der Waals surface area contributed by atoms with Crippen LogP contribution in [-0.4, -0.2) is 32.1 Å². The average molecular weight is 260 g/mol. The smallest absolute Gasteiger partial charge is 0.282 e. The molecule has 2 rings (SSSR count). The zero-order valence-electron chi connectivity index (χ0n) is 11.4. The van der Waals surface area contributed by atoms with Gasteiger partial charge in [0.15, 0.2) is 5.69 Å². The number of carbonyl (C=O) groups is 1. The molecular formula is C12H16N6O. The summed E-state index contributed by atoms with van der Waals surface area (Å²) in [5, 5.41) is 14.8. The minimum Gasteiger partial charge on any atom is -0.282 e. The van der Waals surface area contributed by atoms with Crippen molar-refractivity contribution >= 4 is 12.1 Å². The number of hydrazone groups is 1. The summed E-state index contributed by atoms with van der Waals surface area (Å²) in [7, 11) is 1.87. The van der Waals surface area contributed by atoms with Gasteiger partial charge in [-0.05, 0) is 26.8 Å². The highest BCUT2D eigenvalue weighted by Gasteiger charge is 2.09. The van der Waals surface area contributed by atoms with Crippen molar-refractivity contribution in [1.29, 1.82) is 0 Å². The Morgan fingerprint density at radius 2 is 2.21 bits per heavy atom. The van der Waals surface area contributed by atoms with Crippen LogP contribution in [0, 0.1) is 20.8 Å². The molecule has 0 unspecified atom stereocenters. The van der Waals surface area contributed by atoms with Gasteiger partial charge in [-0.2, -0.15) is 15.3 Å². The Morgan fingerprint density at radius 1 is 1.47 bits per heavy atom. The van der Waals surface area contributed by atoms with Gasteiger partial charge in [0.2, 0.25) is 0 Å². The maximum absolute atomic E-state index is 11.7. The highest BCUT2D eigenvalue weighted by atomic mass is 16.2. The lowest BCUT2D eigenvalue weighted by molar-refractivity contribution is 0.0950. The van der Waals surface area contributed by atoms with Crippen molar-refractivity contribution in [2.45, 2.75) is 20.8 Å². The van der Waals surface area contributed by atoms with E-state index in [2.05, 4.69) is 25.8 Å². The molecule has 0 saturated carbocycles. The Balaban J connectivity index is 2.06. The van der Waals surface area contributed by atoms with Crippen LogP contribution >= 0.6 is 0 Å². The highest BCUT2D eigenvalue weighted by molar-refractivity contribution is 5.93. The lowest BCUT2D eigenvalue weighted by Gasteiger charge is -1.96. The number of aryl methyl sites for hydroxylation is 3. The Bertz CT molecular complexity index is 637. The van der Waals surface area contributed by atoms with E-state index in [1.54, 1.807) is 17.0 Å². The molecule has 2 N–H and O–H groups in total. The normalized spacial score (nSPS) is 11.2. The molecule has 0 fully saturated rings. The summed E-state index contributed by atoms with van der Waals surface area (Å²) in [5.41, 5.74) is 6.34. The fourth-order valence-corrected chi connectivity index (χ4v) is 1.72. The van der Waals surface area contributed by atoms with Gasteiger partial charge < -0.3 is 0 Å². The summed E-state index contributed by atoms with van der Waals surface area (Å²) < 4.78 is 1.77. The minimum atomic E-state index is -0.347. The van der Waals surface area contributed by atoms with Gasteiger partial charge in [-0.3, -0.25) is 14.6 Å². The van der Waals surface area contributed by atoms with E-state index in [1.807, 2.05) is 27.8 Å². The van der Waals surface area contributed by atoms with Crippen molar-refractivity contribution in [2.24, 2.45) is 12.1 Å². The summed E-state index contributed by atoms with van der Waals surface area (Å²) in [6.45, 7) is 5.67. The number of aromatic nitrogens is 4. The molecule has 2 heterocycles. The third-order valence-corrected chi connectivity index (χ3v) is 2.86. The lowest BCUT2D eigenvalue weighted by atomic mass is 10.2. The predicted molar refractivity (Wildman–Crippen MR) is 71.1 cm³/mol. The maximum atomic E-state index is 11.7. The number of hydrogen-bond donors (Lipinski definition) is 2. The molecule has 0 aliphatic carbocycles.